The summed E-state index contributed by atoms with van der Waals surface area (Å²) < 4.78 is 5.02. The minimum Gasteiger partial charge on any atom is -0.504 e. The van der Waals surface area contributed by atoms with Crippen molar-refractivity contribution in [1.82, 2.24) is 0 Å². The number of phenolic OH excluding ortho intramolecular Hbond substituents is 1. The summed E-state index contributed by atoms with van der Waals surface area (Å²) in [6, 6.07) is 4.88. The molecule has 0 spiro atoms. The summed E-state index contributed by atoms with van der Waals surface area (Å²) >= 11 is 0. The first-order valence-corrected chi connectivity index (χ1v) is 8.32. The molecule has 0 aliphatic heterocycles. The average Bonchev–Trinajstić information content (AvgIpc) is 2.54. The summed E-state index contributed by atoms with van der Waals surface area (Å²) in [6.45, 7) is 2.17. The molecule has 0 saturated carbocycles. The Balaban J connectivity index is 2.37. The Hall–Kier alpha value is -1.81. The van der Waals surface area contributed by atoms with Crippen LogP contribution in [-0.2, 0) is 4.79 Å². The maximum atomic E-state index is 11.9. The van der Waals surface area contributed by atoms with E-state index in [1.54, 1.807) is 18.2 Å². The summed E-state index contributed by atoms with van der Waals surface area (Å²) in [5.74, 6) is 0.333. The van der Waals surface area contributed by atoms with E-state index in [0.29, 0.717) is 12.2 Å². The first-order valence-electron chi connectivity index (χ1n) is 8.32. The Labute approximate surface area is 138 Å². The van der Waals surface area contributed by atoms with Gasteiger partial charge in [-0.3, -0.25) is 4.79 Å². The fourth-order valence-electron chi connectivity index (χ4n) is 2.37. The van der Waals surface area contributed by atoms with Crippen molar-refractivity contribution < 1.29 is 19.7 Å². The van der Waals surface area contributed by atoms with Crippen molar-refractivity contribution >= 4 is 11.9 Å². The highest BCUT2D eigenvalue weighted by atomic mass is 16.5. The molecule has 4 heteroatoms. The monoisotopic (exact) mass is 320 g/mol. The van der Waals surface area contributed by atoms with Gasteiger partial charge in [0, 0.05) is 6.42 Å². The smallest absolute Gasteiger partial charge is 0.161 e. The molecule has 1 aromatic carbocycles. The number of ketones is 1. The van der Waals surface area contributed by atoms with Crippen LogP contribution in [0.1, 0.15) is 57.4 Å². The predicted molar refractivity (Wildman–Crippen MR) is 92.7 cm³/mol. The molecular weight excluding hydrogens is 292 g/mol. The van der Waals surface area contributed by atoms with Crippen LogP contribution < -0.4 is 4.74 Å². The molecule has 0 fully saturated rings. The highest BCUT2D eigenvalue weighted by Gasteiger charge is 2.08. The molecule has 0 heterocycles. The van der Waals surface area contributed by atoms with Gasteiger partial charge in [0.25, 0.3) is 0 Å². The van der Waals surface area contributed by atoms with Crippen molar-refractivity contribution in [3.63, 3.8) is 0 Å². The van der Waals surface area contributed by atoms with E-state index < -0.39 is 6.10 Å². The number of aliphatic hydroxyl groups excluding tert-OH is 1. The van der Waals surface area contributed by atoms with E-state index in [4.69, 9.17) is 4.74 Å². The van der Waals surface area contributed by atoms with Crippen molar-refractivity contribution in [3.05, 3.63) is 29.8 Å². The van der Waals surface area contributed by atoms with Gasteiger partial charge >= 0.3 is 0 Å². The third kappa shape index (κ3) is 7.84. The molecule has 2 N–H and O–H groups in total. The lowest BCUT2D eigenvalue weighted by atomic mass is 10.0. The van der Waals surface area contributed by atoms with Gasteiger partial charge in [-0.1, -0.05) is 51.2 Å². The lowest BCUT2D eigenvalue weighted by Crippen LogP contribution is -2.11. The number of rotatable bonds is 11. The topological polar surface area (TPSA) is 66.8 Å². The quantitative estimate of drug-likeness (QED) is 0.476. The van der Waals surface area contributed by atoms with Gasteiger partial charge in [-0.2, -0.15) is 0 Å². The van der Waals surface area contributed by atoms with Crippen LogP contribution in [0.4, 0.5) is 0 Å². The number of phenols is 1. The molecule has 0 aliphatic rings. The minimum absolute atomic E-state index is 0.0643. The molecule has 0 saturated heterocycles. The zero-order chi connectivity index (χ0) is 17.1. The molecule has 4 nitrogen and oxygen atoms in total. The zero-order valence-electron chi connectivity index (χ0n) is 14.1. The number of allylic oxidation sites excluding steroid dienone is 1. The van der Waals surface area contributed by atoms with E-state index >= 15 is 0 Å². The Morgan fingerprint density at radius 2 is 2.00 bits per heavy atom. The van der Waals surface area contributed by atoms with Gasteiger partial charge in [0.2, 0.25) is 0 Å². The van der Waals surface area contributed by atoms with Crippen molar-refractivity contribution in [3.8, 4) is 11.5 Å². The highest BCUT2D eigenvalue weighted by molar-refractivity contribution is 5.93. The number of methoxy groups -OCH3 is 1. The van der Waals surface area contributed by atoms with Gasteiger partial charge in [-0.15, -0.1) is 0 Å². The SMILES string of the molecule is CCCCCCC[C@H](O)CC(=O)/C=C/c1ccc(O)c(OC)c1. The molecule has 0 aliphatic carbocycles. The van der Waals surface area contributed by atoms with E-state index in [0.717, 1.165) is 18.4 Å². The molecular formula is C19H28O4. The molecule has 23 heavy (non-hydrogen) atoms. The van der Waals surface area contributed by atoms with Crippen molar-refractivity contribution in [1.29, 1.82) is 0 Å². The van der Waals surface area contributed by atoms with Crippen LogP contribution in [0.2, 0.25) is 0 Å². The molecule has 1 aromatic rings. The Kier molecular flexibility index (Phi) is 9.07. The fourth-order valence-corrected chi connectivity index (χ4v) is 2.37. The predicted octanol–water partition coefficient (Wildman–Crippen LogP) is 4.09. The maximum absolute atomic E-state index is 11.9. The van der Waals surface area contributed by atoms with Gasteiger partial charge in [0.05, 0.1) is 13.2 Å². The summed E-state index contributed by atoms with van der Waals surface area (Å²) in [4.78, 5) is 11.9. The molecule has 0 unspecified atom stereocenters. The van der Waals surface area contributed by atoms with Crippen LogP contribution in [0, 0.1) is 0 Å². The number of carbonyl (C=O) groups is 1. The summed E-state index contributed by atoms with van der Waals surface area (Å²) in [5, 5.41) is 19.4. The van der Waals surface area contributed by atoms with Crippen LogP contribution in [-0.4, -0.2) is 29.2 Å². The van der Waals surface area contributed by atoms with E-state index in [1.165, 1.54) is 38.5 Å². The second-order valence-electron chi connectivity index (χ2n) is 5.79. The largest absolute Gasteiger partial charge is 0.504 e. The van der Waals surface area contributed by atoms with E-state index in [2.05, 4.69) is 6.92 Å². The molecule has 0 amide bonds. The molecule has 1 rings (SSSR count). The minimum atomic E-state index is -0.567. The first-order chi connectivity index (χ1) is 11.1. The number of carbonyl (C=O) groups excluding carboxylic acids is 1. The van der Waals surface area contributed by atoms with Gasteiger partial charge < -0.3 is 14.9 Å². The summed E-state index contributed by atoms with van der Waals surface area (Å²) in [6.07, 6.45) is 9.10. The molecule has 0 bridgehead atoms. The summed E-state index contributed by atoms with van der Waals surface area (Å²) in [5.41, 5.74) is 0.766. The van der Waals surface area contributed by atoms with Crippen molar-refractivity contribution in [2.45, 2.75) is 58.0 Å². The highest BCUT2D eigenvalue weighted by Crippen LogP contribution is 2.26. The Morgan fingerprint density at radius 1 is 1.26 bits per heavy atom. The number of benzene rings is 1. The molecule has 1 atom stereocenters. The molecule has 128 valence electrons. The van der Waals surface area contributed by atoms with Crippen LogP contribution in [0.25, 0.3) is 6.08 Å². The molecule has 0 radical (unpaired) electrons. The average molecular weight is 320 g/mol. The second kappa shape index (κ2) is 10.8. The van der Waals surface area contributed by atoms with Crippen molar-refractivity contribution in [2.75, 3.05) is 7.11 Å². The number of hydrogen-bond acceptors (Lipinski definition) is 4. The van der Waals surface area contributed by atoms with Crippen LogP contribution >= 0.6 is 0 Å². The molecule has 0 aromatic heterocycles. The van der Waals surface area contributed by atoms with Gasteiger partial charge in [-0.25, -0.2) is 0 Å². The number of hydrogen-bond donors (Lipinski definition) is 2. The maximum Gasteiger partial charge on any atom is 0.161 e. The Morgan fingerprint density at radius 3 is 2.70 bits per heavy atom. The first kappa shape index (κ1) is 19.2. The lowest BCUT2D eigenvalue weighted by molar-refractivity contribution is -0.116. The normalized spacial score (nSPS) is 12.5. The Bertz CT molecular complexity index is 508. The van der Waals surface area contributed by atoms with Gasteiger partial charge in [0.15, 0.2) is 17.3 Å². The number of unbranched alkanes of at least 4 members (excludes halogenated alkanes) is 4. The standard InChI is InChI=1S/C19H28O4/c1-3-4-5-6-7-8-16(20)14-17(21)11-9-15-10-12-18(22)19(13-15)23-2/h9-13,16,20,22H,3-8,14H2,1-2H3/b11-9+/t16-/m0/s1. The van der Waals surface area contributed by atoms with Crippen LogP contribution in [0.3, 0.4) is 0 Å². The lowest BCUT2D eigenvalue weighted by Gasteiger charge is -2.08. The van der Waals surface area contributed by atoms with Crippen LogP contribution in [0.5, 0.6) is 11.5 Å². The van der Waals surface area contributed by atoms with E-state index in [9.17, 15) is 15.0 Å². The third-order valence-corrected chi connectivity index (χ3v) is 3.74. The van der Waals surface area contributed by atoms with Crippen LogP contribution in [0.15, 0.2) is 24.3 Å². The van der Waals surface area contributed by atoms with E-state index in [1.807, 2.05) is 0 Å². The number of aromatic hydroxyl groups is 1. The number of ether oxygens (including phenoxy) is 1. The summed E-state index contributed by atoms with van der Waals surface area (Å²) in [7, 11) is 1.48. The zero-order valence-corrected chi connectivity index (χ0v) is 14.1. The van der Waals surface area contributed by atoms with Crippen molar-refractivity contribution in [2.24, 2.45) is 0 Å². The van der Waals surface area contributed by atoms with Gasteiger partial charge in [-0.05, 0) is 30.2 Å². The number of aliphatic hydroxyl groups is 1. The fraction of sp³-hybridized carbons (Fsp3) is 0.526. The van der Waals surface area contributed by atoms with Gasteiger partial charge in [0.1, 0.15) is 0 Å². The van der Waals surface area contributed by atoms with E-state index in [-0.39, 0.29) is 18.0 Å². The second-order valence-corrected chi connectivity index (χ2v) is 5.79. The third-order valence-electron chi connectivity index (χ3n) is 3.74.